The normalized spacial score (nSPS) is 30.4. The molecule has 6 heteroatoms. The van der Waals surface area contributed by atoms with Gasteiger partial charge in [-0.15, -0.1) is 0 Å². The smallest absolute Gasteiger partial charge is 0.341 e. The Labute approximate surface area is 121 Å². The molecule has 0 unspecified atom stereocenters. The molecular weight excluding hydrogens is 272 g/mol. The second-order valence-electron chi connectivity index (χ2n) is 6.32. The molecular formula is C15H16N2O4. The molecule has 2 aromatic rings. The summed E-state index contributed by atoms with van der Waals surface area (Å²) in [7, 11) is 1.46. The zero-order chi connectivity index (χ0) is 14.8. The summed E-state index contributed by atoms with van der Waals surface area (Å²) in [5.74, 6) is -0.687. The first kappa shape index (κ1) is 12.6. The van der Waals surface area contributed by atoms with Crippen molar-refractivity contribution in [2.75, 3.05) is 13.7 Å². The third-order valence-electron chi connectivity index (χ3n) is 4.67. The Balaban J connectivity index is 1.82. The lowest BCUT2D eigenvalue weighted by Gasteiger charge is -2.41. The zero-order valence-electron chi connectivity index (χ0n) is 11.9. The van der Waals surface area contributed by atoms with Crippen molar-refractivity contribution in [1.29, 1.82) is 0 Å². The van der Waals surface area contributed by atoms with E-state index in [1.807, 2.05) is 6.20 Å². The molecule has 2 bridgehead atoms. The zero-order valence-corrected chi connectivity index (χ0v) is 11.9. The van der Waals surface area contributed by atoms with Crippen LogP contribution in [-0.2, 0) is 10.2 Å². The number of aromatic carboxylic acids is 1. The van der Waals surface area contributed by atoms with Crippen LogP contribution in [0.2, 0.25) is 0 Å². The van der Waals surface area contributed by atoms with Crippen LogP contribution in [0.3, 0.4) is 0 Å². The van der Waals surface area contributed by atoms with Gasteiger partial charge in [0.25, 0.3) is 0 Å². The molecule has 0 aromatic carbocycles. The number of carboxylic acid groups (broad SMARTS) is 1. The molecule has 0 spiro atoms. The van der Waals surface area contributed by atoms with E-state index in [0.717, 1.165) is 18.5 Å². The first-order chi connectivity index (χ1) is 9.95. The van der Waals surface area contributed by atoms with Gasteiger partial charge in [0.15, 0.2) is 0 Å². The maximum Gasteiger partial charge on any atom is 0.341 e. The average Bonchev–Trinajstić information content (AvgIpc) is 3.06. The van der Waals surface area contributed by atoms with Gasteiger partial charge >= 0.3 is 5.97 Å². The molecule has 6 nitrogen and oxygen atoms in total. The Morgan fingerprint density at radius 1 is 1.48 bits per heavy atom. The molecule has 2 saturated heterocycles. The summed E-state index contributed by atoms with van der Waals surface area (Å²) in [5.41, 5.74) is 1.80. The summed E-state index contributed by atoms with van der Waals surface area (Å²) in [5, 5.41) is 9.23. The van der Waals surface area contributed by atoms with Crippen LogP contribution < -0.4 is 4.74 Å². The van der Waals surface area contributed by atoms with Crippen molar-refractivity contribution in [1.82, 2.24) is 9.38 Å². The highest BCUT2D eigenvalue weighted by Gasteiger charge is 2.61. The van der Waals surface area contributed by atoms with Crippen LogP contribution in [0.4, 0.5) is 0 Å². The van der Waals surface area contributed by atoms with E-state index in [9.17, 15) is 9.90 Å². The highest BCUT2D eigenvalue weighted by atomic mass is 16.5. The minimum Gasteiger partial charge on any atom is -0.496 e. The van der Waals surface area contributed by atoms with Crippen molar-refractivity contribution in [2.45, 2.75) is 30.8 Å². The van der Waals surface area contributed by atoms with Gasteiger partial charge < -0.3 is 19.0 Å². The van der Waals surface area contributed by atoms with Crippen LogP contribution in [0.15, 0.2) is 18.5 Å². The molecule has 2 aromatic heterocycles. The fourth-order valence-corrected chi connectivity index (χ4v) is 3.75. The van der Waals surface area contributed by atoms with Gasteiger partial charge in [-0.05, 0) is 19.8 Å². The van der Waals surface area contributed by atoms with Crippen LogP contribution in [-0.4, -0.2) is 39.8 Å². The molecule has 3 fully saturated rings. The topological polar surface area (TPSA) is 73.1 Å². The molecule has 0 radical (unpaired) electrons. The minimum absolute atomic E-state index is 0.000282. The van der Waals surface area contributed by atoms with E-state index in [2.05, 4.69) is 11.9 Å². The van der Waals surface area contributed by atoms with E-state index in [4.69, 9.17) is 9.47 Å². The van der Waals surface area contributed by atoms with E-state index in [0.29, 0.717) is 18.0 Å². The molecule has 2 aliphatic heterocycles. The molecule has 21 heavy (non-hydrogen) atoms. The van der Waals surface area contributed by atoms with Crippen LogP contribution in [0, 0.1) is 0 Å². The number of carbonyl (C=O) groups is 1. The van der Waals surface area contributed by atoms with Crippen molar-refractivity contribution in [2.24, 2.45) is 0 Å². The summed E-state index contributed by atoms with van der Waals surface area (Å²) < 4.78 is 12.7. The lowest BCUT2D eigenvalue weighted by atomic mass is 9.62. The van der Waals surface area contributed by atoms with Crippen LogP contribution in [0.1, 0.15) is 35.8 Å². The standard InChI is InChI=1S/C15H16N2O4/c1-14-6-15(7-14,8-21-14)11-5-17-4-9(13(18)19)10(20-2)3-12(17)16-11/h3-5H,6-8H2,1-2H3,(H,18,19). The third-order valence-corrected chi connectivity index (χ3v) is 4.67. The van der Waals surface area contributed by atoms with Gasteiger partial charge in [0, 0.05) is 23.9 Å². The molecule has 1 N–H and O–H groups in total. The molecule has 110 valence electrons. The summed E-state index contributed by atoms with van der Waals surface area (Å²) in [6.45, 7) is 2.82. The minimum atomic E-state index is -1.01. The summed E-state index contributed by atoms with van der Waals surface area (Å²) >= 11 is 0. The highest BCUT2D eigenvalue weighted by Crippen LogP contribution is 2.58. The van der Waals surface area contributed by atoms with Gasteiger partial charge in [0.1, 0.15) is 17.0 Å². The van der Waals surface area contributed by atoms with E-state index in [-0.39, 0.29) is 16.6 Å². The first-order valence-corrected chi connectivity index (χ1v) is 6.89. The molecule has 0 amide bonds. The lowest BCUT2D eigenvalue weighted by Crippen LogP contribution is -2.45. The second-order valence-corrected chi connectivity index (χ2v) is 6.32. The molecule has 4 heterocycles. The fourth-order valence-electron chi connectivity index (χ4n) is 3.75. The van der Waals surface area contributed by atoms with Crippen LogP contribution in [0.25, 0.3) is 5.65 Å². The Bertz CT molecular complexity index is 758. The lowest BCUT2D eigenvalue weighted by molar-refractivity contribution is 0.0154. The third kappa shape index (κ3) is 1.62. The van der Waals surface area contributed by atoms with Crippen molar-refractivity contribution in [3.8, 4) is 5.75 Å². The van der Waals surface area contributed by atoms with E-state index in [1.165, 1.54) is 7.11 Å². The number of aromatic nitrogens is 2. The number of methoxy groups -OCH3 is 1. The average molecular weight is 288 g/mol. The number of imidazole rings is 1. The van der Waals surface area contributed by atoms with E-state index >= 15 is 0 Å². The van der Waals surface area contributed by atoms with Gasteiger partial charge in [0.05, 0.1) is 25.0 Å². The Morgan fingerprint density at radius 3 is 2.81 bits per heavy atom. The fraction of sp³-hybridized carbons (Fsp3) is 0.467. The highest BCUT2D eigenvalue weighted by molar-refractivity contribution is 5.91. The number of hydrogen-bond acceptors (Lipinski definition) is 4. The SMILES string of the molecule is COc1cc2nc(C34COC(C)(C3)C4)cn2cc1C(=O)O. The van der Waals surface area contributed by atoms with Crippen LogP contribution in [0.5, 0.6) is 5.75 Å². The predicted octanol–water partition coefficient (Wildman–Crippen LogP) is 1.86. The van der Waals surface area contributed by atoms with E-state index < -0.39 is 5.97 Å². The van der Waals surface area contributed by atoms with Crippen molar-refractivity contribution < 1.29 is 19.4 Å². The summed E-state index contributed by atoms with van der Waals surface area (Å²) in [6, 6.07) is 1.66. The molecule has 0 atom stereocenters. The maximum atomic E-state index is 11.3. The second kappa shape index (κ2) is 3.76. The van der Waals surface area contributed by atoms with Gasteiger partial charge in [-0.1, -0.05) is 0 Å². The summed E-state index contributed by atoms with van der Waals surface area (Å²) in [6.07, 6.45) is 5.42. The Hall–Kier alpha value is -2.08. The van der Waals surface area contributed by atoms with Gasteiger partial charge in [0.2, 0.25) is 0 Å². The number of ether oxygens (including phenoxy) is 2. The number of rotatable bonds is 3. The monoisotopic (exact) mass is 288 g/mol. The number of hydrogen-bond donors (Lipinski definition) is 1. The maximum absolute atomic E-state index is 11.3. The summed E-state index contributed by atoms with van der Waals surface area (Å²) in [4.78, 5) is 15.9. The molecule has 1 saturated carbocycles. The number of nitrogens with zero attached hydrogens (tertiary/aromatic N) is 2. The van der Waals surface area contributed by atoms with Crippen molar-refractivity contribution >= 4 is 11.6 Å². The first-order valence-electron chi connectivity index (χ1n) is 6.89. The van der Waals surface area contributed by atoms with Gasteiger partial charge in [-0.3, -0.25) is 0 Å². The largest absolute Gasteiger partial charge is 0.496 e. The van der Waals surface area contributed by atoms with Gasteiger partial charge in [-0.2, -0.15) is 0 Å². The van der Waals surface area contributed by atoms with Crippen LogP contribution >= 0.6 is 0 Å². The number of pyridine rings is 1. The molecule has 5 rings (SSSR count). The van der Waals surface area contributed by atoms with E-state index in [1.54, 1.807) is 16.7 Å². The van der Waals surface area contributed by atoms with Gasteiger partial charge in [-0.25, -0.2) is 9.78 Å². The number of carboxylic acids is 1. The van der Waals surface area contributed by atoms with Crippen molar-refractivity contribution in [3.63, 3.8) is 0 Å². The predicted molar refractivity (Wildman–Crippen MR) is 74.0 cm³/mol. The molecule has 3 aliphatic rings. The van der Waals surface area contributed by atoms with Crippen molar-refractivity contribution in [3.05, 3.63) is 29.7 Å². The molecule has 1 aliphatic carbocycles. The Kier molecular flexibility index (Phi) is 2.27. The number of fused-ring (bicyclic) bond motifs is 2. The Morgan fingerprint density at radius 2 is 2.24 bits per heavy atom. The quantitative estimate of drug-likeness (QED) is 0.933.